The van der Waals surface area contributed by atoms with E-state index in [9.17, 15) is 4.79 Å². The van der Waals surface area contributed by atoms with E-state index in [0.29, 0.717) is 10.8 Å². The van der Waals surface area contributed by atoms with E-state index >= 15 is 0 Å². The highest BCUT2D eigenvalue weighted by molar-refractivity contribution is 6.37. The smallest absolute Gasteiger partial charge is 0.340 e. The average molecular weight is 326 g/mol. The van der Waals surface area contributed by atoms with Gasteiger partial charge in [-0.15, -0.1) is 0 Å². The summed E-state index contributed by atoms with van der Waals surface area (Å²) in [5.74, 6) is 0.105. The Labute approximate surface area is 132 Å². The number of hydrogen-bond acceptors (Lipinski definition) is 4. The van der Waals surface area contributed by atoms with Crippen molar-refractivity contribution in [3.05, 3.63) is 57.6 Å². The Bertz CT molecular complexity index is 674. The summed E-state index contributed by atoms with van der Waals surface area (Å²) in [4.78, 5) is 12.0. The number of halogens is 2. The third-order valence-electron chi connectivity index (χ3n) is 2.82. The van der Waals surface area contributed by atoms with Gasteiger partial charge in [-0.25, -0.2) is 4.79 Å². The zero-order valence-corrected chi connectivity index (χ0v) is 12.7. The Kier molecular flexibility index (Phi) is 4.94. The van der Waals surface area contributed by atoms with Crippen LogP contribution in [0.15, 0.2) is 36.4 Å². The number of methoxy groups -OCH3 is 1. The fourth-order valence-electron chi connectivity index (χ4n) is 1.74. The van der Waals surface area contributed by atoms with E-state index in [0.717, 1.165) is 5.56 Å². The lowest BCUT2D eigenvalue weighted by Crippen LogP contribution is -2.09. The molecule has 2 N–H and O–H groups in total. The summed E-state index contributed by atoms with van der Waals surface area (Å²) >= 11 is 11.7. The summed E-state index contributed by atoms with van der Waals surface area (Å²) in [7, 11) is 1.57. The predicted octanol–water partition coefficient (Wildman–Crippen LogP) is 3.94. The summed E-state index contributed by atoms with van der Waals surface area (Å²) in [6, 6.07) is 10.1. The van der Waals surface area contributed by atoms with Gasteiger partial charge in [0.1, 0.15) is 12.4 Å². The number of esters is 1. The molecule has 0 amide bonds. The summed E-state index contributed by atoms with van der Waals surface area (Å²) in [6.07, 6.45) is 0. The van der Waals surface area contributed by atoms with Gasteiger partial charge in [0.2, 0.25) is 0 Å². The highest BCUT2D eigenvalue weighted by Gasteiger charge is 2.15. The maximum Gasteiger partial charge on any atom is 0.340 e. The molecule has 2 aromatic rings. The minimum Gasteiger partial charge on any atom is -0.497 e. The van der Waals surface area contributed by atoms with Gasteiger partial charge < -0.3 is 15.2 Å². The first kappa shape index (κ1) is 15.5. The molecule has 0 fully saturated rings. The highest BCUT2D eigenvalue weighted by Crippen LogP contribution is 2.28. The number of anilines is 1. The maximum absolute atomic E-state index is 12.0. The summed E-state index contributed by atoms with van der Waals surface area (Å²) in [5.41, 5.74) is 6.85. The Morgan fingerprint density at radius 3 is 2.71 bits per heavy atom. The van der Waals surface area contributed by atoms with Crippen LogP contribution in [0.3, 0.4) is 0 Å². The van der Waals surface area contributed by atoms with E-state index in [1.807, 2.05) is 12.1 Å². The molecule has 0 atom stereocenters. The number of carbonyl (C=O) groups excluding carboxylic acids is 1. The van der Waals surface area contributed by atoms with Crippen molar-refractivity contribution in [2.75, 3.05) is 12.8 Å². The highest BCUT2D eigenvalue weighted by atomic mass is 35.5. The minimum absolute atomic E-state index is 0.0968. The molecule has 0 radical (unpaired) electrons. The van der Waals surface area contributed by atoms with Gasteiger partial charge in [0, 0.05) is 5.02 Å². The fraction of sp³-hybridized carbons (Fsp3) is 0.133. The Hall–Kier alpha value is -1.91. The predicted molar refractivity (Wildman–Crippen MR) is 83.0 cm³/mol. The zero-order valence-electron chi connectivity index (χ0n) is 11.2. The normalized spacial score (nSPS) is 10.2. The van der Waals surface area contributed by atoms with Gasteiger partial charge in [-0.1, -0.05) is 35.3 Å². The summed E-state index contributed by atoms with van der Waals surface area (Å²) < 4.78 is 10.3. The Balaban J connectivity index is 2.11. The van der Waals surface area contributed by atoms with Crippen molar-refractivity contribution < 1.29 is 14.3 Å². The Morgan fingerprint density at radius 2 is 2.00 bits per heavy atom. The third-order valence-corrected chi connectivity index (χ3v) is 3.35. The van der Waals surface area contributed by atoms with E-state index in [-0.39, 0.29) is 22.9 Å². The van der Waals surface area contributed by atoms with E-state index in [4.69, 9.17) is 38.4 Å². The lowest BCUT2D eigenvalue weighted by atomic mass is 10.2. The van der Waals surface area contributed by atoms with Crippen LogP contribution in [-0.2, 0) is 11.3 Å². The van der Waals surface area contributed by atoms with Crippen molar-refractivity contribution in [3.8, 4) is 5.75 Å². The molecule has 0 saturated carbocycles. The second-order valence-corrected chi connectivity index (χ2v) is 5.12. The van der Waals surface area contributed by atoms with Gasteiger partial charge in [-0.2, -0.15) is 0 Å². The van der Waals surface area contributed by atoms with Crippen LogP contribution in [0.5, 0.6) is 5.75 Å². The topological polar surface area (TPSA) is 61.5 Å². The molecule has 0 saturated heterocycles. The molecule has 6 heteroatoms. The number of nitrogens with two attached hydrogens (primary N) is 1. The first-order valence-electron chi connectivity index (χ1n) is 6.06. The summed E-state index contributed by atoms with van der Waals surface area (Å²) in [5, 5.41) is 0.540. The van der Waals surface area contributed by atoms with E-state index in [2.05, 4.69) is 0 Å². The van der Waals surface area contributed by atoms with Crippen LogP contribution >= 0.6 is 23.2 Å². The monoisotopic (exact) mass is 325 g/mol. The lowest BCUT2D eigenvalue weighted by Gasteiger charge is -2.09. The van der Waals surface area contributed by atoms with Gasteiger partial charge in [-0.05, 0) is 29.8 Å². The van der Waals surface area contributed by atoms with Crippen LogP contribution in [0.1, 0.15) is 15.9 Å². The zero-order chi connectivity index (χ0) is 15.4. The van der Waals surface area contributed by atoms with Crippen LogP contribution in [-0.4, -0.2) is 13.1 Å². The molecule has 0 aliphatic heterocycles. The fourth-order valence-corrected chi connectivity index (χ4v) is 2.24. The van der Waals surface area contributed by atoms with Gasteiger partial charge in [0.25, 0.3) is 0 Å². The molecule has 0 unspecified atom stereocenters. The van der Waals surface area contributed by atoms with Gasteiger partial charge in [0.15, 0.2) is 0 Å². The lowest BCUT2D eigenvalue weighted by molar-refractivity contribution is 0.0473. The number of carbonyl (C=O) groups is 1. The number of hydrogen-bond donors (Lipinski definition) is 1. The van der Waals surface area contributed by atoms with E-state index < -0.39 is 5.97 Å². The third kappa shape index (κ3) is 3.80. The molecule has 0 aliphatic carbocycles. The molecule has 2 aromatic carbocycles. The maximum atomic E-state index is 12.0. The van der Waals surface area contributed by atoms with Crippen molar-refractivity contribution in [2.45, 2.75) is 6.61 Å². The number of rotatable bonds is 4. The molecule has 0 heterocycles. The quantitative estimate of drug-likeness (QED) is 0.683. The standard InChI is InChI=1S/C15H13Cl2NO3/c1-20-11-4-2-3-9(5-11)8-21-15(19)12-6-10(16)7-13(17)14(12)18/h2-7H,8,18H2,1H3. The second kappa shape index (κ2) is 6.70. The molecule has 0 spiro atoms. The molecule has 2 rings (SSSR count). The van der Waals surface area contributed by atoms with Gasteiger partial charge in [0.05, 0.1) is 23.4 Å². The molecular formula is C15H13Cl2NO3. The van der Waals surface area contributed by atoms with Gasteiger partial charge >= 0.3 is 5.97 Å². The van der Waals surface area contributed by atoms with Crippen LogP contribution in [0.4, 0.5) is 5.69 Å². The first-order valence-corrected chi connectivity index (χ1v) is 6.81. The van der Waals surface area contributed by atoms with Crippen LogP contribution in [0.25, 0.3) is 0 Å². The van der Waals surface area contributed by atoms with Crippen LogP contribution in [0.2, 0.25) is 10.0 Å². The molecule has 4 nitrogen and oxygen atoms in total. The first-order chi connectivity index (χ1) is 10.0. The average Bonchev–Trinajstić information content (AvgIpc) is 2.48. The molecule has 0 aromatic heterocycles. The van der Waals surface area contributed by atoms with E-state index in [1.54, 1.807) is 19.2 Å². The minimum atomic E-state index is -0.584. The number of benzene rings is 2. The van der Waals surface area contributed by atoms with Crippen LogP contribution < -0.4 is 10.5 Å². The van der Waals surface area contributed by atoms with Crippen molar-refractivity contribution in [3.63, 3.8) is 0 Å². The Morgan fingerprint density at radius 1 is 1.24 bits per heavy atom. The summed E-state index contributed by atoms with van der Waals surface area (Å²) in [6.45, 7) is 0.0968. The SMILES string of the molecule is COc1cccc(COC(=O)c2cc(Cl)cc(Cl)c2N)c1. The molecular weight excluding hydrogens is 313 g/mol. The molecule has 110 valence electrons. The second-order valence-electron chi connectivity index (χ2n) is 4.28. The number of nitrogen functional groups attached to an aromatic ring is 1. The van der Waals surface area contributed by atoms with Gasteiger partial charge in [-0.3, -0.25) is 0 Å². The van der Waals surface area contributed by atoms with Crippen molar-refractivity contribution in [1.29, 1.82) is 0 Å². The molecule has 0 aliphatic rings. The number of ether oxygens (including phenoxy) is 2. The van der Waals surface area contributed by atoms with Crippen molar-refractivity contribution >= 4 is 34.9 Å². The molecule has 0 bridgehead atoms. The van der Waals surface area contributed by atoms with E-state index in [1.165, 1.54) is 12.1 Å². The van der Waals surface area contributed by atoms with Crippen molar-refractivity contribution in [1.82, 2.24) is 0 Å². The van der Waals surface area contributed by atoms with Crippen LogP contribution in [0, 0.1) is 0 Å². The largest absolute Gasteiger partial charge is 0.497 e. The van der Waals surface area contributed by atoms with Crippen molar-refractivity contribution in [2.24, 2.45) is 0 Å². The molecule has 21 heavy (non-hydrogen) atoms.